The van der Waals surface area contributed by atoms with Crippen LogP contribution in [0.3, 0.4) is 0 Å². The van der Waals surface area contributed by atoms with E-state index in [4.69, 9.17) is 0 Å². The fourth-order valence-electron chi connectivity index (χ4n) is 1.76. The second-order valence-corrected chi connectivity index (χ2v) is 3.70. The Morgan fingerprint density at radius 1 is 1.31 bits per heavy atom. The van der Waals surface area contributed by atoms with E-state index in [1.54, 1.807) is 12.4 Å². The molecule has 0 aliphatic carbocycles. The van der Waals surface area contributed by atoms with Crippen molar-refractivity contribution >= 4 is 0 Å². The molecule has 0 bridgehead atoms. The first-order chi connectivity index (χ1) is 7.81. The summed E-state index contributed by atoms with van der Waals surface area (Å²) in [5.74, 6) is 0. The van der Waals surface area contributed by atoms with Gasteiger partial charge in [-0.2, -0.15) is 0 Å². The number of aliphatic hydroxyl groups is 1. The third kappa shape index (κ3) is 2.23. The lowest BCUT2D eigenvalue weighted by atomic mass is 10.1. The molecule has 0 unspecified atom stereocenters. The molecule has 1 aromatic heterocycles. The molecule has 16 heavy (non-hydrogen) atoms. The van der Waals surface area contributed by atoms with Gasteiger partial charge in [0.25, 0.3) is 0 Å². The van der Waals surface area contributed by atoms with Crippen LogP contribution in [0.1, 0.15) is 11.6 Å². The van der Waals surface area contributed by atoms with Crippen molar-refractivity contribution in [2.24, 2.45) is 0 Å². The fourth-order valence-corrected chi connectivity index (χ4v) is 1.76. The first-order valence-electron chi connectivity index (χ1n) is 5.21. The number of H-pyrrole nitrogens is 1. The number of nitrogens with zero attached hydrogens (tertiary/aromatic N) is 1. The summed E-state index contributed by atoms with van der Waals surface area (Å²) in [6.07, 6.45) is 3.89. The maximum Gasteiger partial charge on any atom is 0.325 e. The van der Waals surface area contributed by atoms with Gasteiger partial charge in [-0.1, -0.05) is 30.3 Å². The van der Waals surface area contributed by atoms with E-state index in [2.05, 4.69) is 4.98 Å². The number of rotatable bonds is 4. The minimum absolute atomic E-state index is 0.0490. The van der Waals surface area contributed by atoms with Gasteiger partial charge in [-0.3, -0.25) is 4.57 Å². The standard InChI is InChI=1S/C12H14N2O2/c15-9-11(14-7-6-13-12(14)16)8-10-4-2-1-3-5-10/h1-7,11,15H,8-9H2,(H,13,16)/t11-/m1/s1. The molecule has 4 nitrogen and oxygen atoms in total. The van der Waals surface area contributed by atoms with Crippen molar-refractivity contribution in [3.63, 3.8) is 0 Å². The average molecular weight is 218 g/mol. The minimum atomic E-state index is -0.207. The quantitative estimate of drug-likeness (QED) is 0.802. The first-order valence-corrected chi connectivity index (χ1v) is 5.21. The van der Waals surface area contributed by atoms with E-state index in [-0.39, 0.29) is 18.3 Å². The van der Waals surface area contributed by atoms with Gasteiger partial charge in [0.15, 0.2) is 0 Å². The third-order valence-electron chi connectivity index (χ3n) is 2.59. The molecular formula is C12H14N2O2. The van der Waals surface area contributed by atoms with Crippen LogP contribution in [0, 0.1) is 0 Å². The number of aromatic amines is 1. The summed E-state index contributed by atoms with van der Waals surface area (Å²) in [6.45, 7) is -0.0490. The van der Waals surface area contributed by atoms with Crippen LogP contribution < -0.4 is 5.69 Å². The van der Waals surface area contributed by atoms with Crippen LogP contribution in [0.25, 0.3) is 0 Å². The highest BCUT2D eigenvalue weighted by molar-refractivity contribution is 5.15. The smallest absolute Gasteiger partial charge is 0.325 e. The van der Waals surface area contributed by atoms with Crippen molar-refractivity contribution in [1.29, 1.82) is 0 Å². The first kappa shape index (κ1) is 10.7. The largest absolute Gasteiger partial charge is 0.394 e. The van der Waals surface area contributed by atoms with Crippen LogP contribution in [0.15, 0.2) is 47.5 Å². The topological polar surface area (TPSA) is 58.0 Å². The van der Waals surface area contributed by atoms with Gasteiger partial charge in [0.05, 0.1) is 12.6 Å². The second kappa shape index (κ2) is 4.81. The zero-order chi connectivity index (χ0) is 11.4. The predicted octanol–water partition coefficient (Wildman–Crippen LogP) is 0.953. The summed E-state index contributed by atoms with van der Waals surface area (Å²) in [5, 5.41) is 9.31. The molecule has 0 radical (unpaired) electrons. The van der Waals surface area contributed by atoms with Gasteiger partial charge in [0, 0.05) is 12.4 Å². The molecule has 0 saturated carbocycles. The molecule has 0 spiro atoms. The summed E-state index contributed by atoms with van der Waals surface area (Å²) in [5.41, 5.74) is 0.921. The summed E-state index contributed by atoms with van der Waals surface area (Å²) in [7, 11) is 0. The molecule has 2 aromatic rings. The van der Waals surface area contributed by atoms with Gasteiger partial charge < -0.3 is 10.1 Å². The highest BCUT2D eigenvalue weighted by atomic mass is 16.3. The lowest BCUT2D eigenvalue weighted by Crippen LogP contribution is -2.25. The zero-order valence-corrected chi connectivity index (χ0v) is 8.84. The maximum absolute atomic E-state index is 11.4. The summed E-state index contributed by atoms with van der Waals surface area (Å²) in [6, 6.07) is 9.61. The molecule has 0 saturated heterocycles. The molecule has 2 N–H and O–H groups in total. The van der Waals surface area contributed by atoms with E-state index in [0.717, 1.165) is 5.56 Å². The third-order valence-corrected chi connectivity index (χ3v) is 2.59. The summed E-state index contributed by atoms with van der Waals surface area (Å²) >= 11 is 0. The van der Waals surface area contributed by atoms with E-state index in [1.807, 2.05) is 30.3 Å². The Morgan fingerprint density at radius 3 is 2.62 bits per heavy atom. The lowest BCUT2D eigenvalue weighted by molar-refractivity contribution is 0.225. The van der Waals surface area contributed by atoms with Crippen LogP contribution in [0.2, 0.25) is 0 Å². The van der Waals surface area contributed by atoms with E-state index in [1.165, 1.54) is 4.57 Å². The van der Waals surface area contributed by atoms with Gasteiger partial charge in [0.2, 0.25) is 0 Å². The maximum atomic E-state index is 11.4. The molecular weight excluding hydrogens is 204 g/mol. The van der Waals surface area contributed by atoms with Crippen molar-refractivity contribution in [2.45, 2.75) is 12.5 Å². The Hall–Kier alpha value is -1.81. The van der Waals surface area contributed by atoms with Gasteiger partial charge >= 0.3 is 5.69 Å². The van der Waals surface area contributed by atoms with E-state index in [0.29, 0.717) is 6.42 Å². The van der Waals surface area contributed by atoms with Crippen molar-refractivity contribution in [3.05, 3.63) is 58.8 Å². The highest BCUT2D eigenvalue weighted by Crippen LogP contribution is 2.11. The number of aromatic nitrogens is 2. The second-order valence-electron chi connectivity index (χ2n) is 3.70. The Morgan fingerprint density at radius 2 is 2.06 bits per heavy atom. The molecule has 2 rings (SSSR count). The molecule has 84 valence electrons. The predicted molar refractivity (Wildman–Crippen MR) is 61.3 cm³/mol. The fraction of sp³-hybridized carbons (Fsp3) is 0.250. The normalized spacial score (nSPS) is 12.6. The Balaban J connectivity index is 2.19. The molecule has 0 aliphatic heterocycles. The number of nitrogens with one attached hydrogen (secondary N) is 1. The Labute approximate surface area is 93.2 Å². The van der Waals surface area contributed by atoms with Crippen LogP contribution in [-0.4, -0.2) is 21.3 Å². The summed E-state index contributed by atoms with van der Waals surface area (Å²) < 4.78 is 1.52. The van der Waals surface area contributed by atoms with E-state index in [9.17, 15) is 9.90 Å². The van der Waals surface area contributed by atoms with Gasteiger partial charge in [-0.25, -0.2) is 4.79 Å². The number of imidazole rings is 1. The lowest BCUT2D eigenvalue weighted by Gasteiger charge is -2.14. The van der Waals surface area contributed by atoms with Crippen molar-refractivity contribution < 1.29 is 5.11 Å². The van der Waals surface area contributed by atoms with Crippen molar-refractivity contribution in [2.75, 3.05) is 6.61 Å². The van der Waals surface area contributed by atoms with Crippen molar-refractivity contribution in [1.82, 2.24) is 9.55 Å². The molecule has 0 aliphatic rings. The number of aliphatic hydroxyl groups excluding tert-OH is 1. The van der Waals surface area contributed by atoms with Crippen LogP contribution in [0.4, 0.5) is 0 Å². The van der Waals surface area contributed by atoms with Crippen LogP contribution in [-0.2, 0) is 6.42 Å². The van der Waals surface area contributed by atoms with Crippen LogP contribution >= 0.6 is 0 Å². The number of hydrogen-bond acceptors (Lipinski definition) is 2. The minimum Gasteiger partial charge on any atom is -0.394 e. The summed E-state index contributed by atoms with van der Waals surface area (Å²) in [4.78, 5) is 14.0. The van der Waals surface area contributed by atoms with E-state index >= 15 is 0 Å². The molecule has 0 amide bonds. The Bertz CT molecular complexity index is 487. The van der Waals surface area contributed by atoms with Crippen LogP contribution in [0.5, 0.6) is 0 Å². The number of hydrogen-bond donors (Lipinski definition) is 2. The molecule has 1 atom stereocenters. The highest BCUT2D eigenvalue weighted by Gasteiger charge is 2.12. The molecule has 1 heterocycles. The molecule has 0 fully saturated rings. The SMILES string of the molecule is O=c1[nH]ccn1[C@@H](CO)Cc1ccccc1. The zero-order valence-electron chi connectivity index (χ0n) is 8.84. The molecule has 4 heteroatoms. The Kier molecular flexibility index (Phi) is 3.22. The van der Waals surface area contributed by atoms with Gasteiger partial charge in [-0.05, 0) is 12.0 Å². The van der Waals surface area contributed by atoms with Gasteiger partial charge in [-0.15, -0.1) is 0 Å². The monoisotopic (exact) mass is 218 g/mol. The van der Waals surface area contributed by atoms with Crippen molar-refractivity contribution in [3.8, 4) is 0 Å². The molecule has 1 aromatic carbocycles. The van der Waals surface area contributed by atoms with Gasteiger partial charge in [0.1, 0.15) is 0 Å². The van der Waals surface area contributed by atoms with E-state index < -0.39 is 0 Å². The average Bonchev–Trinajstić information content (AvgIpc) is 2.74. The number of benzene rings is 1.